The average molecular weight is 586 g/mol. The Balaban J connectivity index is 1.43. The minimum atomic E-state index is -4.64. The normalized spacial score (nSPS) is 17.1. The van der Waals surface area contributed by atoms with Crippen LogP contribution in [0.2, 0.25) is 0 Å². The highest BCUT2D eigenvalue weighted by molar-refractivity contribution is 5.71. The fourth-order valence-corrected chi connectivity index (χ4v) is 5.34. The molecule has 2 aliphatic heterocycles. The second-order valence-corrected chi connectivity index (χ2v) is 10.9. The summed E-state index contributed by atoms with van der Waals surface area (Å²) in [7, 11) is 0. The van der Waals surface area contributed by atoms with Crippen LogP contribution in [-0.2, 0) is 17.3 Å². The third-order valence-corrected chi connectivity index (χ3v) is 7.73. The first-order valence-electron chi connectivity index (χ1n) is 14.5. The van der Waals surface area contributed by atoms with Crippen LogP contribution in [-0.4, -0.2) is 71.4 Å². The number of hydrogen-bond donors (Lipinski definition) is 2. The van der Waals surface area contributed by atoms with E-state index >= 15 is 0 Å². The number of aryl methyl sites for hydroxylation is 1. The van der Waals surface area contributed by atoms with E-state index < -0.39 is 11.7 Å². The molecule has 0 atom stereocenters. The van der Waals surface area contributed by atoms with Gasteiger partial charge in [0.15, 0.2) is 0 Å². The molecule has 4 heterocycles. The van der Waals surface area contributed by atoms with Crippen LogP contribution in [0.5, 0.6) is 5.75 Å². The van der Waals surface area contributed by atoms with Crippen molar-refractivity contribution in [3.8, 4) is 17.0 Å². The molecule has 1 aromatic carbocycles. The van der Waals surface area contributed by atoms with Crippen molar-refractivity contribution < 1.29 is 22.6 Å². The zero-order chi connectivity index (χ0) is 29.9. The molecule has 2 aromatic heterocycles. The molecule has 226 valence electrons. The van der Waals surface area contributed by atoms with Gasteiger partial charge in [0.25, 0.3) is 0 Å². The Morgan fingerprint density at radius 2 is 1.81 bits per heavy atom. The van der Waals surface area contributed by atoms with Crippen molar-refractivity contribution in [1.29, 1.82) is 0 Å². The number of hydrogen-bond acceptors (Lipinski definition) is 9. The van der Waals surface area contributed by atoms with Crippen molar-refractivity contribution in [3.05, 3.63) is 47.7 Å². The third kappa shape index (κ3) is 7.04. The number of halogens is 3. The van der Waals surface area contributed by atoms with Crippen molar-refractivity contribution >= 4 is 23.3 Å². The third-order valence-electron chi connectivity index (χ3n) is 7.73. The number of pyridine rings is 1. The lowest BCUT2D eigenvalue weighted by molar-refractivity contribution is -0.137. The van der Waals surface area contributed by atoms with Crippen LogP contribution in [0, 0.1) is 0 Å². The lowest BCUT2D eigenvalue weighted by Crippen LogP contribution is -2.41. The Morgan fingerprint density at radius 3 is 2.48 bits per heavy atom. The van der Waals surface area contributed by atoms with Gasteiger partial charge in [-0.05, 0) is 62.9 Å². The van der Waals surface area contributed by atoms with E-state index in [4.69, 9.17) is 15.2 Å². The standard InChI is InChI=1S/C30H38F3N7O2/c1-4-20-15-21(5-6-26(20)42-22-7-9-39(10-8-22)19(2)3)36-28-17-25(37-29(38-28)40-11-13-41-14-12-40)23-18-35-27(34)16-24(23)30(31,32)33/h5-6,15-19,22H,4,7-14H2,1-3H3,(H2,34,35)(H,36,37,38). The fourth-order valence-electron chi connectivity index (χ4n) is 5.34. The number of piperidine rings is 1. The molecule has 9 nitrogen and oxygen atoms in total. The first-order valence-corrected chi connectivity index (χ1v) is 14.5. The first-order chi connectivity index (χ1) is 20.1. The monoisotopic (exact) mass is 585 g/mol. The van der Waals surface area contributed by atoms with Crippen LogP contribution in [0.3, 0.4) is 0 Å². The van der Waals surface area contributed by atoms with Gasteiger partial charge in [-0.15, -0.1) is 0 Å². The van der Waals surface area contributed by atoms with Crippen molar-refractivity contribution in [2.24, 2.45) is 0 Å². The summed E-state index contributed by atoms with van der Waals surface area (Å²) in [5, 5.41) is 3.29. The number of ether oxygens (including phenoxy) is 2. The quantitative estimate of drug-likeness (QED) is 0.353. The number of nitrogens with zero attached hydrogens (tertiary/aromatic N) is 5. The molecule has 0 unspecified atom stereocenters. The summed E-state index contributed by atoms with van der Waals surface area (Å²) in [6, 6.07) is 8.72. The lowest BCUT2D eigenvalue weighted by atomic mass is 10.1. The topological polar surface area (TPSA) is 102 Å². The number of alkyl halides is 3. The van der Waals surface area contributed by atoms with Gasteiger partial charge >= 0.3 is 6.18 Å². The summed E-state index contributed by atoms with van der Waals surface area (Å²) in [5.74, 6) is 1.31. The summed E-state index contributed by atoms with van der Waals surface area (Å²) in [5.41, 5.74) is 6.42. The van der Waals surface area contributed by atoms with Gasteiger partial charge in [-0.3, -0.25) is 0 Å². The van der Waals surface area contributed by atoms with E-state index in [1.807, 2.05) is 23.1 Å². The van der Waals surface area contributed by atoms with Crippen LogP contribution in [0.15, 0.2) is 36.5 Å². The zero-order valence-corrected chi connectivity index (χ0v) is 24.2. The van der Waals surface area contributed by atoms with Crippen molar-refractivity contribution in [1.82, 2.24) is 19.9 Å². The van der Waals surface area contributed by atoms with Crippen molar-refractivity contribution in [3.63, 3.8) is 0 Å². The Bertz CT molecular complexity index is 1370. The molecule has 0 radical (unpaired) electrons. The van der Waals surface area contributed by atoms with E-state index in [0.29, 0.717) is 44.1 Å². The van der Waals surface area contributed by atoms with Gasteiger partial charge in [-0.1, -0.05) is 6.92 Å². The predicted molar refractivity (Wildman–Crippen MR) is 157 cm³/mol. The predicted octanol–water partition coefficient (Wildman–Crippen LogP) is 5.53. The molecule has 0 aliphatic carbocycles. The smallest absolute Gasteiger partial charge is 0.417 e. The summed E-state index contributed by atoms with van der Waals surface area (Å²) in [4.78, 5) is 17.5. The van der Waals surface area contributed by atoms with Gasteiger partial charge in [0.2, 0.25) is 5.95 Å². The number of nitrogens with two attached hydrogens (primary N) is 1. The average Bonchev–Trinajstić information content (AvgIpc) is 2.98. The number of nitrogens with one attached hydrogen (secondary N) is 1. The van der Waals surface area contributed by atoms with E-state index in [9.17, 15) is 13.2 Å². The molecule has 3 N–H and O–H groups in total. The Labute approximate surface area is 244 Å². The number of likely N-dealkylation sites (tertiary alicyclic amines) is 1. The number of benzene rings is 1. The minimum Gasteiger partial charge on any atom is -0.490 e. The van der Waals surface area contributed by atoms with Crippen LogP contribution in [0.1, 0.15) is 44.7 Å². The van der Waals surface area contributed by atoms with Gasteiger partial charge < -0.3 is 30.3 Å². The summed E-state index contributed by atoms with van der Waals surface area (Å²) in [6.45, 7) is 10.5. The zero-order valence-electron chi connectivity index (χ0n) is 24.2. The number of anilines is 4. The minimum absolute atomic E-state index is 0.0947. The van der Waals surface area contributed by atoms with Crippen LogP contribution in [0.25, 0.3) is 11.3 Å². The maximum absolute atomic E-state index is 14.0. The maximum Gasteiger partial charge on any atom is 0.417 e. The molecule has 2 fully saturated rings. The van der Waals surface area contributed by atoms with Crippen LogP contribution >= 0.6 is 0 Å². The molecule has 12 heteroatoms. The maximum atomic E-state index is 14.0. The number of rotatable bonds is 8. The second kappa shape index (κ2) is 12.7. The van der Waals surface area contributed by atoms with Gasteiger partial charge in [0.1, 0.15) is 23.5 Å². The number of aromatic nitrogens is 3. The van der Waals surface area contributed by atoms with E-state index in [0.717, 1.165) is 61.6 Å². The van der Waals surface area contributed by atoms with E-state index in [2.05, 4.69) is 45.9 Å². The molecular weight excluding hydrogens is 547 g/mol. The highest BCUT2D eigenvalue weighted by Crippen LogP contribution is 2.38. The summed E-state index contributed by atoms with van der Waals surface area (Å²) < 4.78 is 53.8. The first kappa shape index (κ1) is 29.8. The fraction of sp³-hybridized carbons (Fsp3) is 0.500. The van der Waals surface area contributed by atoms with Gasteiger partial charge in [0.05, 0.1) is 24.5 Å². The number of morpholine rings is 1. The highest BCUT2D eigenvalue weighted by Gasteiger charge is 2.35. The molecule has 0 amide bonds. The lowest BCUT2D eigenvalue weighted by Gasteiger charge is -2.35. The molecule has 5 rings (SSSR count). The Hall–Kier alpha value is -3.64. The molecule has 0 spiro atoms. The molecule has 2 aliphatic rings. The van der Waals surface area contributed by atoms with Crippen molar-refractivity contribution in [2.75, 3.05) is 55.3 Å². The van der Waals surface area contributed by atoms with Crippen molar-refractivity contribution in [2.45, 2.75) is 58.4 Å². The van der Waals surface area contributed by atoms with Gasteiger partial charge in [-0.25, -0.2) is 9.97 Å². The molecular formula is C30H38F3N7O2. The second-order valence-electron chi connectivity index (χ2n) is 10.9. The molecule has 42 heavy (non-hydrogen) atoms. The molecule has 3 aromatic rings. The largest absolute Gasteiger partial charge is 0.490 e. The summed E-state index contributed by atoms with van der Waals surface area (Å²) in [6.07, 6.45) is -0.636. The number of nitrogen functional groups attached to an aromatic ring is 1. The Kier molecular flexibility index (Phi) is 9.02. The molecule has 0 saturated carbocycles. The molecule has 0 bridgehead atoms. The van der Waals surface area contributed by atoms with E-state index in [1.54, 1.807) is 0 Å². The van der Waals surface area contributed by atoms with E-state index in [1.165, 1.54) is 6.07 Å². The molecule has 2 saturated heterocycles. The van der Waals surface area contributed by atoms with E-state index in [-0.39, 0.29) is 23.2 Å². The van der Waals surface area contributed by atoms with Crippen LogP contribution in [0.4, 0.5) is 36.4 Å². The van der Waals surface area contributed by atoms with Gasteiger partial charge in [0, 0.05) is 55.7 Å². The highest BCUT2D eigenvalue weighted by atomic mass is 19.4. The summed E-state index contributed by atoms with van der Waals surface area (Å²) >= 11 is 0. The SMILES string of the molecule is CCc1cc(Nc2cc(-c3cnc(N)cc3C(F)(F)F)nc(N3CCOCC3)n2)ccc1OC1CCN(C(C)C)CC1. The van der Waals surface area contributed by atoms with Gasteiger partial charge in [-0.2, -0.15) is 18.2 Å². The van der Waals surface area contributed by atoms with Crippen LogP contribution < -0.4 is 20.7 Å². The Morgan fingerprint density at radius 1 is 1.07 bits per heavy atom.